The van der Waals surface area contributed by atoms with Crippen LogP contribution < -0.4 is 0 Å². The molecule has 0 saturated carbocycles. The van der Waals surface area contributed by atoms with Gasteiger partial charge in [0.25, 0.3) is 0 Å². The van der Waals surface area contributed by atoms with Gasteiger partial charge >= 0.3 is 6.18 Å². The largest absolute Gasteiger partial charge is 0.416 e. The zero-order valence-electron chi connectivity index (χ0n) is 14.9. The van der Waals surface area contributed by atoms with Gasteiger partial charge in [0.15, 0.2) is 11.6 Å². The number of aromatic amines is 1. The van der Waals surface area contributed by atoms with Crippen LogP contribution in [0.5, 0.6) is 0 Å². The van der Waals surface area contributed by atoms with Crippen LogP contribution in [0.3, 0.4) is 0 Å². The fourth-order valence-electron chi connectivity index (χ4n) is 4.24. The first kappa shape index (κ1) is 19.2. The van der Waals surface area contributed by atoms with Crippen LogP contribution in [-0.4, -0.2) is 22.9 Å². The van der Waals surface area contributed by atoms with Gasteiger partial charge in [-0.3, -0.25) is 5.10 Å². The number of nitrogens with one attached hydrogen (secondary N) is 1. The maximum Gasteiger partial charge on any atom is 0.416 e. The number of aromatic nitrogens is 2. The molecule has 2 bridgehead atoms. The molecular weight excluding hydrogens is 429 g/mol. The van der Waals surface area contributed by atoms with Gasteiger partial charge in [-0.05, 0) is 41.5 Å². The van der Waals surface area contributed by atoms with Crippen molar-refractivity contribution in [1.82, 2.24) is 14.5 Å². The van der Waals surface area contributed by atoms with Crippen LogP contribution in [-0.2, 0) is 22.6 Å². The second-order valence-corrected chi connectivity index (χ2v) is 9.03. The van der Waals surface area contributed by atoms with Crippen LogP contribution in [0.4, 0.5) is 22.0 Å². The smallest absolute Gasteiger partial charge is 0.282 e. The summed E-state index contributed by atoms with van der Waals surface area (Å²) >= 11 is 0. The lowest BCUT2D eigenvalue weighted by atomic mass is 10.0. The monoisotopic (exact) mass is 441 g/mol. The summed E-state index contributed by atoms with van der Waals surface area (Å²) in [6.07, 6.45) is -3.23. The Kier molecular flexibility index (Phi) is 3.91. The van der Waals surface area contributed by atoms with Gasteiger partial charge in [0, 0.05) is 17.7 Å². The van der Waals surface area contributed by atoms with Gasteiger partial charge in [0.2, 0.25) is 10.0 Å². The topological polar surface area (TPSA) is 66.1 Å². The van der Waals surface area contributed by atoms with Crippen molar-refractivity contribution in [3.63, 3.8) is 0 Å². The van der Waals surface area contributed by atoms with Crippen molar-refractivity contribution in [2.45, 2.75) is 29.6 Å². The zero-order valence-corrected chi connectivity index (χ0v) is 15.7. The summed E-state index contributed by atoms with van der Waals surface area (Å²) in [5.74, 6) is -2.26. The van der Waals surface area contributed by atoms with Gasteiger partial charge in [0.1, 0.15) is 0 Å². The third-order valence-corrected chi connectivity index (χ3v) is 7.39. The van der Waals surface area contributed by atoms with E-state index in [1.165, 1.54) is 6.20 Å². The molecule has 5 nitrogen and oxygen atoms in total. The van der Waals surface area contributed by atoms with E-state index in [1.807, 2.05) is 0 Å². The molecule has 2 aliphatic rings. The number of hydrogen-bond acceptors (Lipinski definition) is 3. The molecule has 11 heteroatoms. The molecule has 3 aromatic rings. The second kappa shape index (κ2) is 6.11. The number of sulfonamides is 1. The Bertz CT molecular complexity index is 1290. The molecule has 0 radical (unpaired) electrons. The Balaban J connectivity index is 1.70. The molecule has 0 aliphatic carbocycles. The first-order valence-electron chi connectivity index (χ1n) is 8.81. The van der Waals surface area contributed by atoms with Crippen molar-refractivity contribution in [1.29, 1.82) is 0 Å². The van der Waals surface area contributed by atoms with Crippen LogP contribution in [0.25, 0.3) is 0 Å². The summed E-state index contributed by atoms with van der Waals surface area (Å²) < 4.78 is 95.2. The number of benzene rings is 2. The Morgan fingerprint density at radius 1 is 1.03 bits per heavy atom. The van der Waals surface area contributed by atoms with Crippen molar-refractivity contribution >= 4 is 10.0 Å². The van der Waals surface area contributed by atoms with Gasteiger partial charge in [-0.25, -0.2) is 17.2 Å². The van der Waals surface area contributed by atoms with Crippen molar-refractivity contribution < 1.29 is 30.4 Å². The quantitative estimate of drug-likeness (QED) is 0.609. The van der Waals surface area contributed by atoms with E-state index >= 15 is 0 Å². The molecule has 2 aromatic carbocycles. The fourth-order valence-corrected chi connectivity index (χ4v) is 6.03. The van der Waals surface area contributed by atoms with Gasteiger partial charge in [0.05, 0.1) is 28.7 Å². The minimum Gasteiger partial charge on any atom is -0.282 e. The number of fused-ring (bicyclic) bond motifs is 7. The SMILES string of the molecule is O=S(=O)(c1cccc(C(F)(F)F)c1)N1[C@@H]2c3cc(F)c(F)cc3[C@H]1Cc1[nH]ncc12. The van der Waals surface area contributed by atoms with E-state index in [0.717, 1.165) is 34.6 Å². The minimum absolute atomic E-state index is 0.0993. The third kappa shape index (κ3) is 2.61. The van der Waals surface area contributed by atoms with Crippen LogP contribution in [0.1, 0.15) is 40.0 Å². The molecule has 1 aromatic heterocycles. The number of halogens is 5. The number of rotatable bonds is 2. The van der Waals surface area contributed by atoms with E-state index in [2.05, 4.69) is 10.2 Å². The molecule has 0 unspecified atom stereocenters. The van der Waals surface area contributed by atoms with Crippen LogP contribution in [0, 0.1) is 11.6 Å². The minimum atomic E-state index is -4.72. The normalized spacial score (nSPS) is 20.8. The molecule has 1 N–H and O–H groups in total. The number of alkyl halides is 3. The molecule has 156 valence electrons. The number of hydrogen-bond donors (Lipinski definition) is 1. The third-order valence-electron chi connectivity index (χ3n) is 5.52. The number of H-pyrrole nitrogens is 1. The lowest BCUT2D eigenvalue weighted by Crippen LogP contribution is -2.37. The molecule has 0 spiro atoms. The molecule has 3 heterocycles. The highest BCUT2D eigenvalue weighted by Crippen LogP contribution is 2.54. The Morgan fingerprint density at radius 2 is 1.73 bits per heavy atom. The van der Waals surface area contributed by atoms with E-state index in [9.17, 15) is 30.4 Å². The van der Waals surface area contributed by atoms with Gasteiger partial charge in [-0.1, -0.05) is 6.07 Å². The fraction of sp³-hybridized carbons (Fsp3) is 0.211. The van der Waals surface area contributed by atoms with Crippen LogP contribution >= 0.6 is 0 Å². The van der Waals surface area contributed by atoms with E-state index < -0.39 is 50.4 Å². The van der Waals surface area contributed by atoms with E-state index in [1.54, 1.807) is 0 Å². The summed E-state index contributed by atoms with van der Waals surface area (Å²) in [4.78, 5) is -0.548. The van der Waals surface area contributed by atoms with Gasteiger partial charge < -0.3 is 0 Å². The zero-order chi connectivity index (χ0) is 21.4. The van der Waals surface area contributed by atoms with Crippen LogP contribution in [0.15, 0.2) is 47.5 Å². The first-order chi connectivity index (χ1) is 14.1. The molecule has 2 atom stereocenters. The highest BCUT2D eigenvalue weighted by atomic mass is 32.2. The van der Waals surface area contributed by atoms with Crippen molar-refractivity contribution in [3.8, 4) is 0 Å². The van der Waals surface area contributed by atoms with Crippen molar-refractivity contribution in [3.05, 3.63) is 82.2 Å². The maximum absolute atomic E-state index is 14.0. The lowest BCUT2D eigenvalue weighted by molar-refractivity contribution is -0.137. The summed E-state index contributed by atoms with van der Waals surface area (Å²) in [6, 6.07) is 3.37. The van der Waals surface area contributed by atoms with E-state index in [4.69, 9.17) is 0 Å². The Morgan fingerprint density at radius 3 is 2.43 bits per heavy atom. The highest BCUT2D eigenvalue weighted by Gasteiger charge is 2.51. The average molecular weight is 441 g/mol. The predicted molar refractivity (Wildman–Crippen MR) is 93.7 cm³/mol. The summed E-state index contributed by atoms with van der Waals surface area (Å²) in [5, 5.41) is 6.66. The van der Waals surface area contributed by atoms with Crippen LogP contribution in [0.2, 0.25) is 0 Å². The van der Waals surface area contributed by atoms with E-state index in [0.29, 0.717) is 17.3 Å². The molecule has 30 heavy (non-hydrogen) atoms. The van der Waals surface area contributed by atoms with Crippen molar-refractivity contribution in [2.24, 2.45) is 0 Å². The summed E-state index contributed by atoms with van der Waals surface area (Å²) in [7, 11) is -4.45. The average Bonchev–Trinajstić information content (AvgIpc) is 3.24. The maximum atomic E-state index is 14.0. The van der Waals surface area contributed by atoms with Crippen molar-refractivity contribution in [2.75, 3.05) is 0 Å². The first-order valence-corrected chi connectivity index (χ1v) is 10.2. The summed E-state index contributed by atoms with van der Waals surface area (Å²) in [5.41, 5.74) is 0.476. The Hall–Kier alpha value is -2.79. The second-order valence-electron chi connectivity index (χ2n) is 7.18. The molecular formula is C19H12F5N3O2S. The molecule has 0 fully saturated rings. The standard InChI is InChI=1S/C19H12F5N3O2S/c20-14-5-11-12(6-15(14)21)18-13-8-25-26-16(13)7-17(11)27(18)30(28,29)10-3-1-2-9(4-10)19(22,23)24/h1-6,8,17-18H,7H2,(H,25,26)/t17-,18-/m1/s1. The Labute approximate surface area is 167 Å². The summed E-state index contributed by atoms with van der Waals surface area (Å²) in [6.45, 7) is 0. The number of nitrogens with zero attached hydrogens (tertiary/aromatic N) is 2. The molecule has 0 saturated heterocycles. The molecule has 2 aliphatic heterocycles. The van der Waals surface area contributed by atoms with Gasteiger partial charge in [-0.2, -0.15) is 22.6 Å². The molecule has 0 amide bonds. The lowest BCUT2D eigenvalue weighted by Gasteiger charge is -2.33. The molecule has 5 rings (SSSR count). The predicted octanol–water partition coefficient (Wildman–Crippen LogP) is 4.10. The van der Waals surface area contributed by atoms with E-state index in [-0.39, 0.29) is 17.5 Å². The van der Waals surface area contributed by atoms with Gasteiger partial charge in [-0.15, -0.1) is 0 Å². The highest BCUT2D eigenvalue weighted by molar-refractivity contribution is 7.89.